The van der Waals surface area contributed by atoms with E-state index in [1.807, 2.05) is 12.1 Å². The van der Waals surface area contributed by atoms with Gasteiger partial charge < -0.3 is 5.11 Å². The highest BCUT2D eigenvalue weighted by atomic mass is 16.4. The van der Waals surface area contributed by atoms with Crippen LogP contribution >= 0.6 is 0 Å². The molecule has 1 fully saturated rings. The van der Waals surface area contributed by atoms with Crippen LogP contribution in [-0.2, 0) is 11.2 Å². The fourth-order valence-corrected chi connectivity index (χ4v) is 2.30. The molecule has 0 amide bonds. The highest BCUT2D eigenvalue weighted by molar-refractivity contribution is 5.77. The molecule has 98 valence electrons. The van der Waals surface area contributed by atoms with Crippen LogP contribution in [0.25, 0.3) is 10.9 Å². The predicted molar refractivity (Wildman–Crippen MR) is 70.2 cm³/mol. The van der Waals surface area contributed by atoms with Crippen molar-refractivity contribution in [2.24, 2.45) is 0 Å². The quantitative estimate of drug-likeness (QED) is 0.906. The van der Waals surface area contributed by atoms with Gasteiger partial charge in [0.15, 0.2) is 0 Å². The summed E-state index contributed by atoms with van der Waals surface area (Å²) in [5, 5.41) is 9.39. The molecule has 1 aliphatic rings. The SMILES string of the molecule is O=C(O)CCc1nc2ccccc2c(=O)n1C1CC1. The van der Waals surface area contributed by atoms with Gasteiger partial charge in [-0.05, 0) is 25.0 Å². The minimum Gasteiger partial charge on any atom is -0.481 e. The van der Waals surface area contributed by atoms with Gasteiger partial charge in [0.2, 0.25) is 0 Å². The fraction of sp³-hybridized carbons (Fsp3) is 0.357. The van der Waals surface area contributed by atoms with Gasteiger partial charge in [0.1, 0.15) is 5.82 Å². The molecule has 1 aromatic carbocycles. The molecule has 1 aliphatic carbocycles. The second-order valence-corrected chi connectivity index (χ2v) is 4.85. The molecule has 0 atom stereocenters. The number of hydrogen-bond acceptors (Lipinski definition) is 3. The first kappa shape index (κ1) is 11.9. The van der Waals surface area contributed by atoms with Gasteiger partial charge in [-0.25, -0.2) is 4.98 Å². The van der Waals surface area contributed by atoms with Crippen LogP contribution < -0.4 is 5.56 Å². The van der Waals surface area contributed by atoms with E-state index in [1.54, 1.807) is 16.7 Å². The number of carboxylic acid groups (broad SMARTS) is 1. The first-order chi connectivity index (χ1) is 9.16. The molecule has 0 bridgehead atoms. The van der Waals surface area contributed by atoms with Gasteiger partial charge in [0, 0.05) is 12.5 Å². The monoisotopic (exact) mass is 258 g/mol. The van der Waals surface area contributed by atoms with Crippen LogP contribution in [0.15, 0.2) is 29.1 Å². The van der Waals surface area contributed by atoms with Crippen molar-refractivity contribution in [2.75, 3.05) is 0 Å². The lowest BCUT2D eigenvalue weighted by Crippen LogP contribution is -2.25. The van der Waals surface area contributed by atoms with Gasteiger partial charge in [-0.3, -0.25) is 14.2 Å². The van der Waals surface area contributed by atoms with Gasteiger partial charge in [-0.1, -0.05) is 12.1 Å². The molecular weight excluding hydrogens is 244 g/mol. The number of aryl methyl sites for hydroxylation is 1. The molecule has 19 heavy (non-hydrogen) atoms. The number of carboxylic acids is 1. The molecular formula is C14H14N2O3. The number of benzene rings is 1. The van der Waals surface area contributed by atoms with Crippen LogP contribution in [0.1, 0.15) is 31.1 Å². The largest absolute Gasteiger partial charge is 0.481 e. The summed E-state index contributed by atoms with van der Waals surface area (Å²) >= 11 is 0. The van der Waals surface area contributed by atoms with E-state index in [0.29, 0.717) is 23.1 Å². The summed E-state index contributed by atoms with van der Waals surface area (Å²) in [5.41, 5.74) is 0.596. The Bertz CT molecular complexity index is 701. The van der Waals surface area contributed by atoms with Crippen molar-refractivity contribution in [1.82, 2.24) is 9.55 Å². The maximum absolute atomic E-state index is 12.5. The third kappa shape index (κ3) is 2.23. The van der Waals surface area contributed by atoms with E-state index in [1.165, 1.54) is 0 Å². The Kier molecular flexibility index (Phi) is 2.81. The lowest BCUT2D eigenvalue weighted by atomic mass is 10.2. The van der Waals surface area contributed by atoms with Gasteiger partial charge >= 0.3 is 5.97 Å². The minimum absolute atomic E-state index is 0.00248. The van der Waals surface area contributed by atoms with Gasteiger partial charge in [0.25, 0.3) is 5.56 Å². The number of rotatable bonds is 4. The Labute approximate surface area is 109 Å². The van der Waals surface area contributed by atoms with E-state index in [-0.39, 0.29) is 18.0 Å². The van der Waals surface area contributed by atoms with Gasteiger partial charge in [0.05, 0.1) is 17.3 Å². The zero-order chi connectivity index (χ0) is 13.4. The Hall–Kier alpha value is -2.17. The molecule has 5 nitrogen and oxygen atoms in total. The van der Waals surface area contributed by atoms with Crippen molar-refractivity contribution in [3.63, 3.8) is 0 Å². The first-order valence-electron chi connectivity index (χ1n) is 6.39. The van der Waals surface area contributed by atoms with Crippen molar-refractivity contribution >= 4 is 16.9 Å². The second kappa shape index (κ2) is 4.50. The molecule has 0 saturated heterocycles. The number of hydrogen-bond donors (Lipinski definition) is 1. The van der Waals surface area contributed by atoms with Crippen LogP contribution in [0, 0.1) is 0 Å². The number of carbonyl (C=O) groups is 1. The summed E-state index contributed by atoms with van der Waals surface area (Å²) in [6.45, 7) is 0. The van der Waals surface area contributed by atoms with E-state index in [4.69, 9.17) is 5.11 Å². The fourth-order valence-electron chi connectivity index (χ4n) is 2.30. The molecule has 1 heterocycles. The van der Waals surface area contributed by atoms with Crippen molar-refractivity contribution in [2.45, 2.75) is 31.7 Å². The summed E-state index contributed by atoms with van der Waals surface area (Å²) in [5.74, 6) is -0.279. The van der Waals surface area contributed by atoms with Gasteiger partial charge in [-0.2, -0.15) is 0 Å². The molecule has 1 saturated carbocycles. The normalized spacial score (nSPS) is 14.7. The molecule has 0 spiro atoms. The average molecular weight is 258 g/mol. The Morgan fingerprint density at radius 3 is 2.79 bits per heavy atom. The van der Waals surface area contributed by atoms with Crippen molar-refractivity contribution in [3.8, 4) is 0 Å². The zero-order valence-corrected chi connectivity index (χ0v) is 10.4. The minimum atomic E-state index is -0.871. The van der Waals surface area contributed by atoms with Crippen LogP contribution in [0.3, 0.4) is 0 Å². The summed E-state index contributed by atoms with van der Waals surface area (Å²) in [7, 11) is 0. The summed E-state index contributed by atoms with van der Waals surface area (Å²) in [6.07, 6.45) is 2.24. The molecule has 0 radical (unpaired) electrons. The molecule has 1 N–H and O–H groups in total. The molecule has 1 aromatic heterocycles. The molecule has 0 aliphatic heterocycles. The van der Waals surface area contributed by atoms with Crippen LogP contribution in [0.4, 0.5) is 0 Å². The topological polar surface area (TPSA) is 72.2 Å². The summed E-state index contributed by atoms with van der Waals surface area (Å²) in [4.78, 5) is 27.6. The lowest BCUT2D eigenvalue weighted by molar-refractivity contribution is -0.137. The predicted octanol–water partition coefficient (Wildman–Crippen LogP) is 1.75. The van der Waals surface area contributed by atoms with Gasteiger partial charge in [-0.15, -0.1) is 0 Å². The standard InChI is InChI=1S/C14H14N2O3/c17-13(18)8-7-12-15-11-4-2-1-3-10(11)14(19)16(12)9-5-6-9/h1-4,9H,5-8H2,(H,17,18). The van der Waals surface area contributed by atoms with Crippen LogP contribution in [0.2, 0.25) is 0 Å². The lowest BCUT2D eigenvalue weighted by Gasteiger charge is -2.11. The number of para-hydroxylation sites is 1. The average Bonchev–Trinajstić information content (AvgIpc) is 3.21. The molecule has 2 aromatic rings. The molecule has 3 rings (SSSR count). The van der Waals surface area contributed by atoms with Crippen molar-refractivity contribution in [1.29, 1.82) is 0 Å². The second-order valence-electron chi connectivity index (χ2n) is 4.85. The molecule has 5 heteroatoms. The van der Waals surface area contributed by atoms with Crippen LogP contribution in [-0.4, -0.2) is 20.6 Å². The number of nitrogens with zero attached hydrogens (tertiary/aromatic N) is 2. The van der Waals surface area contributed by atoms with Crippen molar-refractivity contribution in [3.05, 3.63) is 40.4 Å². The number of aromatic nitrogens is 2. The third-order valence-corrected chi connectivity index (χ3v) is 3.36. The van der Waals surface area contributed by atoms with E-state index < -0.39 is 5.97 Å². The third-order valence-electron chi connectivity index (χ3n) is 3.36. The Balaban J connectivity index is 2.15. The highest BCUT2D eigenvalue weighted by Crippen LogP contribution is 2.34. The van der Waals surface area contributed by atoms with E-state index in [9.17, 15) is 9.59 Å². The Morgan fingerprint density at radius 1 is 1.37 bits per heavy atom. The summed E-state index contributed by atoms with van der Waals surface area (Å²) < 4.78 is 1.69. The summed E-state index contributed by atoms with van der Waals surface area (Å²) in [6, 6.07) is 7.41. The van der Waals surface area contributed by atoms with E-state index in [2.05, 4.69) is 4.98 Å². The van der Waals surface area contributed by atoms with Crippen molar-refractivity contribution < 1.29 is 9.90 Å². The maximum atomic E-state index is 12.5. The van der Waals surface area contributed by atoms with E-state index >= 15 is 0 Å². The smallest absolute Gasteiger partial charge is 0.303 e. The molecule has 0 unspecified atom stereocenters. The van der Waals surface area contributed by atoms with Crippen LogP contribution in [0.5, 0.6) is 0 Å². The highest BCUT2D eigenvalue weighted by Gasteiger charge is 2.28. The zero-order valence-electron chi connectivity index (χ0n) is 10.4. The number of aliphatic carboxylic acids is 1. The Morgan fingerprint density at radius 2 is 2.11 bits per heavy atom. The van der Waals surface area contributed by atoms with E-state index in [0.717, 1.165) is 12.8 Å². The maximum Gasteiger partial charge on any atom is 0.303 e. The number of fused-ring (bicyclic) bond motifs is 1. The first-order valence-corrected chi connectivity index (χ1v) is 6.39.